The highest BCUT2D eigenvalue weighted by Gasteiger charge is 2.30. The van der Waals surface area contributed by atoms with Gasteiger partial charge in [0.25, 0.3) is 0 Å². The first kappa shape index (κ1) is 13.4. The minimum atomic E-state index is 0.490. The molecule has 1 N–H and O–H groups in total. The summed E-state index contributed by atoms with van der Waals surface area (Å²) in [5.74, 6) is 1.80. The Balaban J connectivity index is 1.80. The number of nitrogens with zero attached hydrogens (tertiary/aromatic N) is 1. The van der Waals surface area contributed by atoms with E-state index in [9.17, 15) is 0 Å². The second-order valence-corrected chi connectivity index (χ2v) is 7.18. The maximum absolute atomic E-state index is 3.54. The van der Waals surface area contributed by atoms with Crippen molar-refractivity contribution in [3.05, 3.63) is 0 Å². The molecule has 0 aromatic carbocycles. The Morgan fingerprint density at radius 2 is 2.00 bits per heavy atom. The van der Waals surface area contributed by atoms with E-state index in [4.69, 9.17) is 0 Å². The van der Waals surface area contributed by atoms with Crippen molar-refractivity contribution >= 4 is 0 Å². The number of piperidine rings is 2. The van der Waals surface area contributed by atoms with Crippen LogP contribution in [0, 0.1) is 17.3 Å². The Kier molecular flexibility index (Phi) is 4.48. The van der Waals surface area contributed by atoms with Crippen LogP contribution in [0.4, 0.5) is 0 Å². The molecule has 2 fully saturated rings. The molecule has 0 spiro atoms. The van der Waals surface area contributed by atoms with Crippen molar-refractivity contribution in [3.63, 3.8) is 0 Å². The molecule has 0 aromatic heterocycles. The Bertz CT molecular complexity index is 226. The lowest BCUT2D eigenvalue weighted by atomic mass is 9.76. The highest BCUT2D eigenvalue weighted by atomic mass is 15.1. The monoisotopic (exact) mass is 238 g/mol. The van der Waals surface area contributed by atoms with Crippen molar-refractivity contribution < 1.29 is 0 Å². The molecule has 2 unspecified atom stereocenters. The van der Waals surface area contributed by atoms with Crippen molar-refractivity contribution in [1.29, 1.82) is 0 Å². The molecule has 2 heterocycles. The number of hydrogen-bond acceptors (Lipinski definition) is 2. The molecule has 0 radical (unpaired) electrons. The van der Waals surface area contributed by atoms with Crippen LogP contribution < -0.4 is 5.32 Å². The maximum Gasteiger partial charge on any atom is 0.00219 e. The van der Waals surface area contributed by atoms with Gasteiger partial charge < -0.3 is 10.2 Å². The Morgan fingerprint density at radius 1 is 1.18 bits per heavy atom. The molecule has 100 valence electrons. The molecule has 0 amide bonds. The van der Waals surface area contributed by atoms with E-state index < -0.39 is 0 Å². The molecule has 2 aliphatic heterocycles. The van der Waals surface area contributed by atoms with Gasteiger partial charge in [-0.1, -0.05) is 20.8 Å². The molecule has 2 atom stereocenters. The molecular formula is C15H30N2. The van der Waals surface area contributed by atoms with Crippen LogP contribution in [-0.4, -0.2) is 37.6 Å². The van der Waals surface area contributed by atoms with Crippen molar-refractivity contribution in [2.24, 2.45) is 17.3 Å². The van der Waals surface area contributed by atoms with E-state index >= 15 is 0 Å². The number of rotatable bonds is 2. The first-order valence-electron chi connectivity index (χ1n) is 7.49. The average Bonchev–Trinajstić information content (AvgIpc) is 2.29. The average molecular weight is 238 g/mol. The number of hydrogen-bond donors (Lipinski definition) is 1. The quantitative estimate of drug-likeness (QED) is 0.796. The summed E-state index contributed by atoms with van der Waals surface area (Å²) >= 11 is 0. The van der Waals surface area contributed by atoms with Crippen molar-refractivity contribution in [3.8, 4) is 0 Å². The third-order valence-corrected chi connectivity index (χ3v) is 4.65. The third kappa shape index (κ3) is 3.96. The van der Waals surface area contributed by atoms with Crippen LogP contribution in [0.25, 0.3) is 0 Å². The lowest BCUT2D eigenvalue weighted by molar-refractivity contribution is 0.0835. The summed E-state index contributed by atoms with van der Waals surface area (Å²) in [5.41, 5.74) is 0.490. The second-order valence-electron chi connectivity index (χ2n) is 7.18. The Hall–Kier alpha value is -0.0800. The zero-order chi connectivity index (χ0) is 12.3. The minimum absolute atomic E-state index is 0.490. The molecule has 2 heteroatoms. The van der Waals surface area contributed by atoms with Crippen molar-refractivity contribution in [2.45, 2.75) is 46.5 Å². The predicted molar refractivity (Wildman–Crippen MR) is 74.2 cm³/mol. The topological polar surface area (TPSA) is 15.3 Å². The fraction of sp³-hybridized carbons (Fsp3) is 1.00. The van der Waals surface area contributed by atoms with Gasteiger partial charge in [0.05, 0.1) is 0 Å². The van der Waals surface area contributed by atoms with Crippen LogP contribution in [-0.2, 0) is 0 Å². The van der Waals surface area contributed by atoms with Crippen LogP contribution in [0.1, 0.15) is 46.5 Å². The zero-order valence-electron chi connectivity index (χ0n) is 12.0. The standard InChI is InChI=1S/C15H30N2/c1-15(2,3)14-7-5-9-17(12-14)11-13-6-4-8-16-10-13/h13-14,16H,4-12H2,1-3H3. The molecule has 0 aliphatic carbocycles. The minimum Gasteiger partial charge on any atom is -0.316 e. The van der Waals surface area contributed by atoms with Crippen LogP contribution in [0.15, 0.2) is 0 Å². The van der Waals surface area contributed by atoms with Gasteiger partial charge in [0.2, 0.25) is 0 Å². The smallest absolute Gasteiger partial charge is 0.00219 e. The summed E-state index contributed by atoms with van der Waals surface area (Å²) in [6, 6.07) is 0. The highest BCUT2D eigenvalue weighted by Crippen LogP contribution is 2.33. The van der Waals surface area contributed by atoms with E-state index in [0.29, 0.717) is 5.41 Å². The van der Waals surface area contributed by atoms with Crippen molar-refractivity contribution in [1.82, 2.24) is 10.2 Å². The summed E-state index contributed by atoms with van der Waals surface area (Å²) in [5, 5.41) is 3.54. The van der Waals surface area contributed by atoms with Crippen LogP contribution in [0.2, 0.25) is 0 Å². The van der Waals surface area contributed by atoms with E-state index in [1.807, 2.05) is 0 Å². The molecule has 0 bridgehead atoms. The van der Waals surface area contributed by atoms with E-state index in [0.717, 1.165) is 11.8 Å². The maximum atomic E-state index is 3.54. The SMILES string of the molecule is CC(C)(C)C1CCCN(CC2CCCNC2)C1. The van der Waals surface area contributed by atoms with Gasteiger partial charge in [-0.05, 0) is 62.6 Å². The van der Waals surface area contributed by atoms with Gasteiger partial charge in [-0.2, -0.15) is 0 Å². The van der Waals surface area contributed by atoms with Gasteiger partial charge in [-0.3, -0.25) is 0 Å². The van der Waals surface area contributed by atoms with E-state index in [1.54, 1.807) is 0 Å². The van der Waals surface area contributed by atoms with E-state index in [1.165, 1.54) is 58.4 Å². The summed E-state index contributed by atoms with van der Waals surface area (Å²) in [6.45, 7) is 13.7. The van der Waals surface area contributed by atoms with Crippen molar-refractivity contribution in [2.75, 3.05) is 32.7 Å². The third-order valence-electron chi connectivity index (χ3n) is 4.65. The van der Waals surface area contributed by atoms with E-state index in [2.05, 4.69) is 31.0 Å². The molecule has 2 rings (SSSR count). The second kappa shape index (κ2) is 5.71. The van der Waals surface area contributed by atoms with Gasteiger partial charge in [0, 0.05) is 13.1 Å². The molecule has 2 saturated heterocycles. The Labute approximate surface area is 107 Å². The van der Waals surface area contributed by atoms with Gasteiger partial charge in [0.1, 0.15) is 0 Å². The predicted octanol–water partition coefficient (Wildman–Crippen LogP) is 2.74. The van der Waals surface area contributed by atoms with Gasteiger partial charge in [0.15, 0.2) is 0 Å². The van der Waals surface area contributed by atoms with Gasteiger partial charge in [-0.25, -0.2) is 0 Å². The molecule has 0 saturated carbocycles. The zero-order valence-corrected chi connectivity index (χ0v) is 12.0. The fourth-order valence-electron chi connectivity index (χ4n) is 3.37. The summed E-state index contributed by atoms with van der Waals surface area (Å²) in [7, 11) is 0. The van der Waals surface area contributed by atoms with Crippen LogP contribution >= 0.6 is 0 Å². The number of likely N-dealkylation sites (tertiary alicyclic amines) is 1. The Morgan fingerprint density at radius 3 is 2.65 bits per heavy atom. The normalized spacial score (nSPS) is 32.6. The highest BCUT2D eigenvalue weighted by molar-refractivity contribution is 4.83. The first-order valence-corrected chi connectivity index (χ1v) is 7.49. The van der Waals surface area contributed by atoms with Crippen LogP contribution in [0.5, 0.6) is 0 Å². The van der Waals surface area contributed by atoms with Gasteiger partial charge in [-0.15, -0.1) is 0 Å². The number of nitrogens with one attached hydrogen (secondary N) is 1. The largest absolute Gasteiger partial charge is 0.316 e. The molecule has 2 nitrogen and oxygen atoms in total. The molecular weight excluding hydrogens is 208 g/mol. The molecule has 17 heavy (non-hydrogen) atoms. The van der Waals surface area contributed by atoms with Crippen LogP contribution in [0.3, 0.4) is 0 Å². The van der Waals surface area contributed by atoms with Gasteiger partial charge >= 0.3 is 0 Å². The fourth-order valence-corrected chi connectivity index (χ4v) is 3.37. The van der Waals surface area contributed by atoms with E-state index in [-0.39, 0.29) is 0 Å². The molecule has 2 aliphatic rings. The molecule has 0 aromatic rings. The summed E-state index contributed by atoms with van der Waals surface area (Å²) in [4.78, 5) is 2.73. The lowest BCUT2D eigenvalue weighted by Gasteiger charge is -2.41. The summed E-state index contributed by atoms with van der Waals surface area (Å²) < 4.78 is 0. The first-order chi connectivity index (χ1) is 8.05. The lowest BCUT2D eigenvalue weighted by Crippen LogP contribution is -2.45. The summed E-state index contributed by atoms with van der Waals surface area (Å²) in [6.07, 6.45) is 5.65.